The van der Waals surface area contributed by atoms with Gasteiger partial charge in [0.15, 0.2) is 0 Å². The smallest absolute Gasteiger partial charge is 0.270 e. The SMILES string of the molecule is CC(C)[C@H]1SCC(=O)Nc2c1c(=O)[nH]n2[C@@H]1CCOC(C)(C)C1. The molecule has 7 heteroatoms. The van der Waals surface area contributed by atoms with Gasteiger partial charge in [-0.05, 0) is 32.6 Å². The first-order chi connectivity index (χ1) is 10.8. The Kier molecular flexibility index (Phi) is 4.35. The summed E-state index contributed by atoms with van der Waals surface area (Å²) in [5.74, 6) is 1.29. The van der Waals surface area contributed by atoms with Crippen LogP contribution in [0.4, 0.5) is 5.82 Å². The van der Waals surface area contributed by atoms with Gasteiger partial charge in [0.25, 0.3) is 5.56 Å². The van der Waals surface area contributed by atoms with E-state index in [4.69, 9.17) is 4.74 Å². The van der Waals surface area contributed by atoms with Crippen LogP contribution in [-0.4, -0.2) is 33.6 Å². The van der Waals surface area contributed by atoms with Gasteiger partial charge >= 0.3 is 0 Å². The minimum absolute atomic E-state index is 0.0294. The molecule has 1 saturated heterocycles. The fourth-order valence-corrected chi connectivity index (χ4v) is 4.66. The second-order valence-electron chi connectivity index (χ2n) is 7.35. The molecule has 0 radical (unpaired) electrons. The van der Waals surface area contributed by atoms with Gasteiger partial charge in [0, 0.05) is 11.9 Å². The van der Waals surface area contributed by atoms with Crippen LogP contribution >= 0.6 is 11.8 Å². The molecule has 1 aromatic heterocycles. The number of carbonyl (C=O) groups is 1. The van der Waals surface area contributed by atoms with Crippen LogP contribution in [0.25, 0.3) is 0 Å². The number of hydrogen-bond acceptors (Lipinski definition) is 4. The van der Waals surface area contributed by atoms with Crippen molar-refractivity contribution < 1.29 is 9.53 Å². The molecule has 3 heterocycles. The highest BCUT2D eigenvalue weighted by Gasteiger charge is 2.36. The van der Waals surface area contributed by atoms with E-state index in [1.165, 1.54) is 0 Å². The van der Waals surface area contributed by atoms with E-state index >= 15 is 0 Å². The van der Waals surface area contributed by atoms with Crippen LogP contribution in [-0.2, 0) is 9.53 Å². The number of nitrogens with one attached hydrogen (secondary N) is 2. The highest BCUT2D eigenvalue weighted by atomic mass is 32.2. The van der Waals surface area contributed by atoms with Gasteiger partial charge in [0.1, 0.15) is 5.82 Å². The van der Waals surface area contributed by atoms with E-state index in [1.54, 1.807) is 11.8 Å². The van der Waals surface area contributed by atoms with Gasteiger partial charge in [0.2, 0.25) is 5.91 Å². The molecule has 0 saturated carbocycles. The van der Waals surface area contributed by atoms with Gasteiger partial charge in [-0.3, -0.25) is 19.4 Å². The van der Waals surface area contributed by atoms with E-state index < -0.39 is 0 Å². The molecule has 6 nitrogen and oxygen atoms in total. The Morgan fingerprint density at radius 3 is 2.74 bits per heavy atom. The average molecular weight is 339 g/mol. The van der Waals surface area contributed by atoms with Gasteiger partial charge in [0.05, 0.1) is 23.0 Å². The van der Waals surface area contributed by atoms with Gasteiger partial charge in [-0.25, -0.2) is 0 Å². The second kappa shape index (κ2) is 6.02. The minimum Gasteiger partial charge on any atom is -0.375 e. The summed E-state index contributed by atoms with van der Waals surface area (Å²) in [4.78, 5) is 24.7. The second-order valence-corrected chi connectivity index (χ2v) is 8.48. The maximum Gasteiger partial charge on any atom is 0.270 e. The van der Waals surface area contributed by atoms with Crippen molar-refractivity contribution in [2.24, 2.45) is 5.92 Å². The first-order valence-electron chi connectivity index (χ1n) is 8.18. The lowest BCUT2D eigenvalue weighted by molar-refractivity contribution is -0.113. The van der Waals surface area contributed by atoms with Crippen LogP contribution in [0.5, 0.6) is 0 Å². The van der Waals surface area contributed by atoms with Crippen molar-refractivity contribution in [1.82, 2.24) is 9.78 Å². The molecule has 128 valence electrons. The summed E-state index contributed by atoms with van der Waals surface area (Å²) in [6.45, 7) is 8.95. The van der Waals surface area contributed by atoms with E-state index in [1.807, 2.05) is 4.68 Å². The lowest BCUT2D eigenvalue weighted by Gasteiger charge is -2.36. The number of hydrogen-bond donors (Lipinski definition) is 2. The molecule has 1 aromatic rings. The van der Waals surface area contributed by atoms with Crippen LogP contribution in [0.3, 0.4) is 0 Å². The third-order valence-corrected chi connectivity index (χ3v) is 6.11. The lowest BCUT2D eigenvalue weighted by atomic mass is 9.94. The number of nitrogens with zero attached hydrogens (tertiary/aromatic N) is 1. The maximum absolute atomic E-state index is 12.6. The predicted octanol–water partition coefficient (Wildman–Crippen LogP) is 2.69. The molecule has 1 amide bonds. The lowest BCUT2D eigenvalue weighted by Crippen LogP contribution is -2.36. The topological polar surface area (TPSA) is 76.1 Å². The first kappa shape index (κ1) is 16.6. The zero-order chi connectivity index (χ0) is 16.8. The zero-order valence-corrected chi connectivity index (χ0v) is 15.0. The van der Waals surface area contributed by atoms with Gasteiger partial charge < -0.3 is 10.1 Å². The van der Waals surface area contributed by atoms with E-state index in [2.05, 4.69) is 38.1 Å². The highest BCUT2D eigenvalue weighted by molar-refractivity contribution is 8.00. The normalized spacial score (nSPS) is 27.4. The number of anilines is 1. The van der Waals surface area contributed by atoms with Crippen molar-refractivity contribution in [2.45, 2.75) is 57.4 Å². The average Bonchev–Trinajstić information content (AvgIpc) is 2.65. The fourth-order valence-electron chi connectivity index (χ4n) is 3.49. The number of fused-ring (bicyclic) bond motifs is 1. The Morgan fingerprint density at radius 1 is 1.35 bits per heavy atom. The zero-order valence-electron chi connectivity index (χ0n) is 14.1. The summed E-state index contributed by atoms with van der Waals surface area (Å²) in [6, 6.07) is 0.131. The van der Waals surface area contributed by atoms with Gasteiger partial charge in [-0.2, -0.15) is 0 Å². The molecule has 2 atom stereocenters. The number of thioether (sulfide) groups is 1. The van der Waals surface area contributed by atoms with E-state index in [0.29, 0.717) is 23.7 Å². The summed E-state index contributed by atoms with van der Waals surface area (Å²) in [5, 5.41) is 5.96. The van der Waals surface area contributed by atoms with Crippen LogP contribution in [0, 0.1) is 5.92 Å². The number of rotatable bonds is 2. The summed E-state index contributed by atoms with van der Waals surface area (Å²) in [7, 11) is 0. The fraction of sp³-hybridized carbons (Fsp3) is 0.750. The maximum atomic E-state index is 12.6. The summed E-state index contributed by atoms with van der Waals surface area (Å²) >= 11 is 1.55. The Morgan fingerprint density at radius 2 is 2.09 bits per heavy atom. The Balaban J connectivity index is 2.05. The van der Waals surface area contributed by atoms with Crippen molar-refractivity contribution in [3.8, 4) is 0 Å². The van der Waals surface area contributed by atoms with Crippen LogP contribution in [0.1, 0.15) is 57.4 Å². The van der Waals surface area contributed by atoms with Gasteiger partial charge in [-0.15, -0.1) is 11.8 Å². The third kappa shape index (κ3) is 3.21. The highest BCUT2D eigenvalue weighted by Crippen LogP contribution is 2.42. The summed E-state index contributed by atoms with van der Waals surface area (Å²) in [6.07, 6.45) is 1.63. The quantitative estimate of drug-likeness (QED) is 0.868. The molecule has 23 heavy (non-hydrogen) atoms. The molecular formula is C16H25N3O3S. The predicted molar refractivity (Wildman–Crippen MR) is 92.0 cm³/mol. The molecule has 0 aromatic carbocycles. The van der Waals surface area contributed by atoms with Crippen LogP contribution < -0.4 is 10.9 Å². The number of carbonyl (C=O) groups excluding carboxylic acids is 1. The first-order valence-corrected chi connectivity index (χ1v) is 9.23. The molecule has 0 bridgehead atoms. The number of ether oxygens (including phenoxy) is 1. The molecule has 0 spiro atoms. The van der Waals surface area contributed by atoms with Crippen molar-refractivity contribution in [1.29, 1.82) is 0 Å². The minimum atomic E-state index is -0.224. The number of H-pyrrole nitrogens is 1. The van der Waals surface area contributed by atoms with E-state index in [-0.39, 0.29) is 34.3 Å². The Labute approximate surface area is 140 Å². The monoisotopic (exact) mass is 339 g/mol. The summed E-state index contributed by atoms with van der Waals surface area (Å²) in [5.41, 5.74) is 0.399. The standard InChI is InChI=1S/C16H25N3O3S/c1-9(2)13-12-14(17-11(20)8-23-13)19(18-15(12)21)10-5-6-22-16(3,4)7-10/h9-10,13H,5-8H2,1-4H3,(H,17,20)(H,18,21)/t10-,13-/m1/s1. The largest absolute Gasteiger partial charge is 0.375 e. The van der Waals surface area contributed by atoms with E-state index in [0.717, 1.165) is 12.8 Å². The molecular weight excluding hydrogens is 314 g/mol. The van der Waals surface area contributed by atoms with Gasteiger partial charge in [-0.1, -0.05) is 13.8 Å². The number of aromatic nitrogens is 2. The Hall–Kier alpha value is -1.21. The molecule has 3 rings (SSSR count). The molecule has 0 aliphatic carbocycles. The molecule has 2 aliphatic heterocycles. The molecule has 1 fully saturated rings. The van der Waals surface area contributed by atoms with Crippen molar-refractivity contribution in [2.75, 3.05) is 17.7 Å². The van der Waals surface area contributed by atoms with Crippen LogP contribution in [0.15, 0.2) is 4.79 Å². The molecule has 2 aliphatic rings. The third-order valence-electron chi connectivity index (χ3n) is 4.54. The van der Waals surface area contributed by atoms with E-state index in [9.17, 15) is 9.59 Å². The van der Waals surface area contributed by atoms with Crippen molar-refractivity contribution >= 4 is 23.5 Å². The molecule has 0 unspecified atom stereocenters. The van der Waals surface area contributed by atoms with Crippen molar-refractivity contribution in [3.63, 3.8) is 0 Å². The van der Waals surface area contributed by atoms with Crippen LogP contribution in [0.2, 0.25) is 0 Å². The summed E-state index contributed by atoms with van der Waals surface area (Å²) < 4.78 is 7.65. The molecule has 2 N–H and O–H groups in total. The Bertz CT molecular complexity index is 662. The van der Waals surface area contributed by atoms with Crippen molar-refractivity contribution in [3.05, 3.63) is 15.9 Å². The number of aromatic amines is 1. The number of amides is 1.